The summed E-state index contributed by atoms with van der Waals surface area (Å²) in [5.41, 5.74) is 1.21. The first-order valence-corrected chi connectivity index (χ1v) is 8.35. The summed E-state index contributed by atoms with van der Waals surface area (Å²) in [5, 5.41) is 11.6. The minimum atomic E-state index is -0.988. The van der Waals surface area contributed by atoms with E-state index in [9.17, 15) is 14.4 Å². The quantitative estimate of drug-likeness (QED) is 0.794. The van der Waals surface area contributed by atoms with Crippen molar-refractivity contribution in [3.63, 3.8) is 0 Å². The maximum atomic E-state index is 12.2. The van der Waals surface area contributed by atoms with Crippen molar-refractivity contribution in [3.05, 3.63) is 40.0 Å². The lowest BCUT2D eigenvalue weighted by molar-refractivity contribution is -0.183. The van der Waals surface area contributed by atoms with Gasteiger partial charge >= 0.3 is 5.97 Å². The Bertz CT molecular complexity index is 765. The van der Waals surface area contributed by atoms with E-state index in [1.165, 1.54) is 18.4 Å². The van der Waals surface area contributed by atoms with Crippen molar-refractivity contribution in [2.75, 3.05) is 7.11 Å². The smallest absolute Gasteiger partial charge is 0.349 e. The zero-order valence-electron chi connectivity index (χ0n) is 13.7. The fourth-order valence-corrected chi connectivity index (χ4v) is 2.94. The second-order valence-electron chi connectivity index (χ2n) is 5.27. The third-order valence-corrected chi connectivity index (χ3v) is 4.22. The molecule has 2 rings (SSSR count). The molecule has 0 saturated carbocycles. The molecule has 25 heavy (non-hydrogen) atoms. The van der Waals surface area contributed by atoms with Gasteiger partial charge in [-0.2, -0.15) is 0 Å². The van der Waals surface area contributed by atoms with Gasteiger partial charge in [0, 0.05) is 34.5 Å². The van der Waals surface area contributed by atoms with Crippen LogP contribution in [-0.2, 0) is 9.74 Å². The molecule has 0 spiro atoms. The number of carbonyl (C=O) groups is 1. The first kappa shape index (κ1) is 18.8. The highest BCUT2D eigenvalue weighted by Gasteiger charge is 2.23. The molecule has 1 N–H and O–H groups in total. The average molecular weight is 364 g/mol. The number of rotatable bonds is 6. The van der Waals surface area contributed by atoms with Crippen LogP contribution in [0.5, 0.6) is 5.88 Å². The second-order valence-corrected chi connectivity index (χ2v) is 6.16. The molecule has 0 fully saturated rings. The van der Waals surface area contributed by atoms with Crippen molar-refractivity contribution >= 4 is 17.3 Å². The van der Waals surface area contributed by atoms with Crippen LogP contribution >= 0.6 is 11.3 Å². The lowest BCUT2D eigenvalue weighted by Crippen LogP contribution is -2.09. The summed E-state index contributed by atoms with van der Waals surface area (Å²) >= 11 is 1.31. The number of aliphatic hydroxyl groups excluding tert-OH is 1. The summed E-state index contributed by atoms with van der Waals surface area (Å²) in [4.78, 5) is 23.2. The molecule has 2 heterocycles. The second kappa shape index (κ2) is 9.11. The molecule has 8 heteroatoms. The fraction of sp³-hybridized carbons (Fsp3) is 0.353. The molecule has 0 aliphatic heterocycles. The molecule has 2 aromatic rings. The van der Waals surface area contributed by atoms with Crippen LogP contribution < -0.4 is 4.74 Å². The van der Waals surface area contributed by atoms with E-state index in [2.05, 4.69) is 26.8 Å². The van der Waals surface area contributed by atoms with Crippen molar-refractivity contribution in [2.24, 2.45) is 0 Å². The van der Waals surface area contributed by atoms with Crippen molar-refractivity contribution < 1.29 is 24.1 Å². The zero-order valence-corrected chi connectivity index (χ0v) is 14.5. The number of carbonyl (C=O) groups excluding carboxylic acids is 1. The summed E-state index contributed by atoms with van der Waals surface area (Å²) in [6.45, 7) is 1.65. The normalized spacial score (nSPS) is 12.6. The van der Waals surface area contributed by atoms with Gasteiger partial charge < -0.3 is 9.84 Å². The maximum absolute atomic E-state index is 12.2. The Morgan fingerprint density at radius 1 is 1.48 bits per heavy atom. The summed E-state index contributed by atoms with van der Waals surface area (Å²) < 4.78 is 17.2. The van der Waals surface area contributed by atoms with Gasteiger partial charge in [-0.25, -0.2) is 14.8 Å². The predicted octanol–water partition coefficient (Wildman–Crippen LogP) is 2.62. The lowest BCUT2D eigenvalue weighted by atomic mass is 9.98. The van der Waals surface area contributed by atoms with Crippen LogP contribution in [0, 0.1) is 11.8 Å². The zero-order chi connectivity index (χ0) is 18.2. The number of nitrogens with zero attached hydrogens (tertiary/aromatic N) is 2. The van der Waals surface area contributed by atoms with Gasteiger partial charge in [-0.15, -0.1) is 11.3 Å². The third kappa shape index (κ3) is 5.52. The molecule has 0 aliphatic carbocycles. The Morgan fingerprint density at radius 2 is 2.28 bits per heavy atom. The van der Waals surface area contributed by atoms with E-state index in [0.717, 1.165) is 0 Å². The number of aromatic nitrogens is 2. The van der Waals surface area contributed by atoms with Crippen molar-refractivity contribution in [2.45, 2.75) is 31.8 Å². The molecule has 0 aromatic carbocycles. The predicted molar refractivity (Wildman–Crippen MR) is 89.7 cm³/mol. The summed E-state index contributed by atoms with van der Waals surface area (Å²) in [5.74, 6) is 4.62. The Hall–Kier alpha value is -2.50. The highest BCUT2D eigenvalue weighted by Crippen LogP contribution is 2.31. The van der Waals surface area contributed by atoms with Crippen LogP contribution in [-0.4, -0.2) is 34.3 Å². The van der Waals surface area contributed by atoms with E-state index >= 15 is 0 Å². The first-order chi connectivity index (χ1) is 12.0. The Morgan fingerprint density at radius 3 is 2.88 bits per heavy atom. The van der Waals surface area contributed by atoms with Crippen LogP contribution in [0.15, 0.2) is 23.7 Å². The monoisotopic (exact) mass is 364 g/mol. The van der Waals surface area contributed by atoms with E-state index in [4.69, 9.17) is 4.74 Å². The highest BCUT2D eigenvalue weighted by atomic mass is 32.1. The van der Waals surface area contributed by atoms with Gasteiger partial charge in [0.15, 0.2) is 0 Å². The third-order valence-electron chi connectivity index (χ3n) is 3.26. The van der Waals surface area contributed by atoms with Crippen molar-refractivity contribution in [1.82, 2.24) is 9.97 Å². The molecular weight excluding hydrogens is 347 g/mol. The van der Waals surface area contributed by atoms with Gasteiger partial charge in [0.25, 0.3) is 0 Å². The molecule has 2 aromatic heterocycles. The van der Waals surface area contributed by atoms with Gasteiger partial charge in [0.1, 0.15) is 10.7 Å². The van der Waals surface area contributed by atoms with Gasteiger partial charge in [0.2, 0.25) is 5.88 Å². The number of pyridine rings is 1. The van der Waals surface area contributed by atoms with E-state index in [1.807, 2.05) is 0 Å². The SMILES string of the molecule is COc1ccc(C(CC(=O)OF)c2nc(C#CCC(C)O)cs2)cn1. The van der Waals surface area contributed by atoms with Crippen LogP contribution in [0.3, 0.4) is 0 Å². The molecule has 0 saturated heterocycles. The van der Waals surface area contributed by atoms with E-state index in [1.54, 1.807) is 30.6 Å². The summed E-state index contributed by atoms with van der Waals surface area (Å²) in [6.07, 6.45) is 1.17. The summed E-state index contributed by atoms with van der Waals surface area (Å²) in [7, 11) is 1.50. The van der Waals surface area contributed by atoms with Gasteiger partial charge in [-0.1, -0.05) is 12.0 Å². The van der Waals surface area contributed by atoms with Crippen LogP contribution in [0.4, 0.5) is 4.53 Å². The molecule has 0 bridgehead atoms. The largest absolute Gasteiger partial charge is 0.481 e. The number of hydrogen-bond donors (Lipinski definition) is 1. The van der Waals surface area contributed by atoms with Crippen LogP contribution in [0.2, 0.25) is 0 Å². The Labute approximate surface area is 148 Å². The van der Waals surface area contributed by atoms with E-state index in [0.29, 0.717) is 28.6 Å². The number of hydrogen-bond acceptors (Lipinski definition) is 7. The Balaban J connectivity index is 2.26. The first-order valence-electron chi connectivity index (χ1n) is 7.47. The van der Waals surface area contributed by atoms with Crippen molar-refractivity contribution in [1.29, 1.82) is 0 Å². The number of methoxy groups -OCH3 is 1. The average Bonchev–Trinajstić information content (AvgIpc) is 3.07. The van der Waals surface area contributed by atoms with Crippen LogP contribution in [0.1, 0.15) is 41.9 Å². The summed E-state index contributed by atoms with van der Waals surface area (Å²) in [6, 6.07) is 3.39. The topological polar surface area (TPSA) is 81.5 Å². The number of thiazole rings is 1. The van der Waals surface area contributed by atoms with E-state index < -0.39 is 18.0 Å². The molecule has 2 unspecified atom stereocenters. The number of halogens is 1. The molecule has 0 amide bonds. The molecule has 0 aliphatic rings. The maximum Gasteiger partial charge on any atom is 0.349 e. The number of ether oxygens (including phenoxy) is 1. The Kier molecular flexibility index (Phi) is 6.86. The molecule has 0 radical (unpaired) electrons. The van der Waals surface area contributed by atoms with Gasteiger partial charge in [0.05, 0.1) is 19.6 Å². The lowest BCUT2D eigenvalue weighted by Gasteiger charge is -2.12. The van der Waals surface area contributed by atoms with Gasteiger partial charge in [-0.05, 0) is 18.4 Å². The molecule has 132 valence electrons. The van der Waals surface area contributed by atoms with Gasteiger partial charge in [-0.3, -0.25) is 4.94 Å². The number of aliphatic hydroxyl groups is 1. The van der Waals surface area contributed by atoms with E-state index in [-0.39, 0.29) is 6.42 Å². The molecule has 6 nitrogen and oxygen atoms in total. The van der Waals surface area contributed by atoms with Crippen LogP contribution in [0.25, 0.3) is 0 Å². The molecular formula is C17H17FN2O4S. The fourth-order valence-electron chi connectivity index (χ4n) is 2.06. The minimum absolute atomic E-state index is 0.210. The molecule has 2 atom stereocenters. The standard InChI is InChI=1S/C17H17FN2O4S/c1-11(21)4-3-5-13-10-25-17(20-13)14(8-16(22)24-18)12-6-7-15(23-2)19-9-12/h6-7,9-11,14,21H,4,8H2,1-2H3. The van der Waals surface area contributed by atoms with Crippen molar-refractivity contribution in [3.8, 4) is 17.7 Å². The highest BCUT2D eigenvalue weighted by molar-refractivity contribution is 7.09. The minimum Gasteiger partial charge on any atom is -0.481 e.